The largest absolute Gasteiger partial charge is 0.273 e. The number of hydrazine groups is 1. The summed E-state index contributed by atoms with van der Waals surface area (Å²) in [5, 5.41) is 1.43. The molecule has 2 amide bonds. The van der Waals surface area contributed by atoms with Crippen molar-refractivity contribution in [3.05, 3.63) is 35.9 Å². The fourth-order valence-corrected chi connectivity index (χ4v) is 1.76. The average molecular weight is 218 g/mol. The fourth-order valence-electron chi connectivity index (χ4n) is 1.76. The third-order valence-corrected chi connectivity index (χ3v) is 2.74. The van der Waals surface area contributed by atoms with Gasteiger partial charge < -0.3 is 0 Å². The van der Waals surface area contributed by atoms with Crippen molar-refractivity contribution in [2.24, 2.45) is 0 Å². The van der Waals surface area contributed by atoms with E-state index in [2.05, 4.69) is 5.43 Å². The minimum atomic E-state index is -0.234. The van der Waals surface area contributed by atoms with Crippen LogP contribution in [0.1, 0.15) is 30.1 Å². The van der Waals surface area contributed by atoms with Crippen LogP contribution in [-0.2, 0) is 4.79 Å². The van der Waals surface area contributed by atoms with Gasteiger partial charge in [0.05, 0.1) is 6.04 Å². The van der Waals surface area contributed by atoms with Crippen LogP contribution in [0, 0.1) is 0 Å². The zero-order valence-electron chi connectivity index (χ0n) is 9.14. The Labute approximate surface area is 94.2 Å². The van der Waals surface area contributed by atoms with Gasteiger partial charge in [0.2, 0.25) is 5.91 Å². The SMILES string of the molecule is CC1CCC(=O)N1NC(=O)c1ccccc1. The van der Waals surface area contributed by atoms with Crippen LogP contribution in [0.15, 0.2) is 30.3 Å². The maximum absolute atomic E-state index is 11.8. The number of rotatable bonds is 2. The quantitative estimate of drug-likeness (QED) is 0.814. The smallest absolute Gasteiger partial charge is 0.269 e. The number of benzene rings is 1. The minimum absolute atomic E-state index is 0.0169. The lowest BCUT2D eigenvalue weighted by Gasteiger charge is -2.22. The van der Waals surface area contributed by atoms with Crippen LogP contribution in [0.5, 0.6) is 0 Å². The van der Waals surface area contributed by atoms with Crippen LogP contribution in [0.3, 0.4) is 0 Å². The highest BCUT2D eigenvalue weighted by Gasteiger charge is 2.29. The summed E-state index contributed by atoms with van der Waals surface area (Å²) in [6, 6.07) is 8.97. The highest BCUT2D eigenvalue weighted by atomic mass is 16.2. The van der Waals surface area contributed by atoms with Crippen LogP contribution in [-0.4, -0.2) is 22.9 Å². The standard InChI is InChI=1S/C12H14N2O2/c1-9-7-8-11(15)14(9)13-12(16)10-5-3-2-4-6-10/h2-6,9H,7-8H2,1H3,(H,13,16). The molecule has 1 fully saturated rings. The van der Waals surface area contributed by atoms with Crippen molar-refractivity contribution in [3.63, 3.8) is 0 Å². The molecule has 1 N–H and O–H groups in total. The zero-order valence-corrected chi connectivity index (χ0v) is 9.14. The number of nitrogens with one attached hydrogen (secondary N) is 1. The van der Waals surface area contributed by atoms with Gasteiger partial charge in [-0.2, -0.15) is 0 Å². The molecule has 1 aliphatic heterocycles. The molecule has 0 aromatic heterocycles. The molecule has 0 radical (unpaired) electrons. The Kier molecular flexibility index (Phi) is 2.90. The van der Waals surface area contributed by atoms with E-state index in [1.807, 2.05) is 13.0 Å². The molecule has 1 saturated heterocycles. The fraction of sp³-hybridized carbons (Fsp3) is 0.333. The van der Waals surface area contributed by atoms with Crippen LogP contribution in [0.25, 0.3) is 0 Å². The predicted octanol–water partition coefficient (Wildman–Crippen LogP) is 1.34. The van der Waals surface area contributed by atoms with Gasteiger partial charge in [0.25, 0.3) is 5.91 Å². The van der Waals surface area contributed by atoms with E-state index in [1.165, 1.54) is 5.01 Å². The first-order valence-corrected chi connectivity index (χ1v) is 5.36. The van der Waals surface area contributed by atoms with Crippen LogP contribution in [0.2, 0.25) is 0 Å². The van der Waals surface area contributed by atoms with Crippen molar-refractivity contribution in [1.29, 1.82) is 0 Å². The molecule has 84 valence electrons. The Bertz CT molecular complexity index is 403. The number of nitrogens with zero attached hydrogens (tertiary/aromatic N) is 1. The highest BCUT2D eigenvalue weighted by Crippen LogP contribution is 2.15. The second-order valence-electron chi connectivity index (χ2n) is 3.96. The van der Waals surface area contributed by atoms with Gasteiger partial charge in [-0.1, -0.05) is 18.2 Å². The van der Waals surface area contributed by atoms with Gasteiger partial charge in [0, 0.05) is 12.0 Å². The molecule has 0 aliphatic carbocycles. The third kappa shape index (κ3) is 2.05. The molecule has 1 atom stereocenters. The number of carbonyl (C=O) groups excluding carboxylic acids is 2. The van der Waals surface area contributed by atoms with Crippen molar-refractivity contribution < 1.29 is 9.59 Å². The molecular formula is C12H14N2O2. The molecule has 4 nitrogen and oxygen atoms in total. The Morgan fingerprint density at radius 2 is 2.06 bits per heavy atom. The number of amides is 2. The molecule has 2 rings (SSSR count). The van der Waals surface area contributed by atoms with Gasteiger partial charge in [-0.3, -0.25) is 20.0 Å². The molecule has 1 aromatic carbocycles. The van der Waals surface area contributed by atoms with Crippen LogP contribution >= 0.6 is 0 Å². The Balaban J connectivity index is 2.05. The third-order valence-electron chi connectivity index (χ3n) is 2.74. The van der Waals surface area contributed by atoms with E-state index >= 15 is 0 Å². The number of carbonyl (C=O) groups is 2. The first kappa shape index (κ1) is 10.7. The van der Waals surface area contributed by atoms with E-state index in [0.717, 1.165) is 6.42 Å². The maximum atomic E-state index is 11.8. The number of hydrogen-bond acceptors (Lipinski definition) is 2. The molecule has 0 spiro atoms. The summed E-state index contributed by atoms with van der Waals surface area (Å²) in [5.41, 5.74) is 3.20. The molecule has 0 saturated carbocycles. The van der Waals surface area contributed by atoms with Crippen LogP contribution < -0.4 is 5.43 Å². The molecule has 1 aromatic rings. The van der Waals surface area contributed by atoms with Crippen molar-refractivity contribution in [1.82, 2.24) is 10.4 Å². The molecule has 1 aliphatic rings. The predicted molar refractivity (Wildman–Crippen MR) is 59.5 cm³/mol. The topological polar surface area (TPSA) is 49.4 Å². The minimum Gasteiger partial charge on any atom is -0.273 e. The molecule has 1 heterocycles. The van der Waals surface area contributed by atoms with E-state index in [1.54, 1.807) is 24.3 Å². The van der Waals surface area contributed by atoms with E-state index in [4.69, 9.17) is 0 Å². The van der Waals surface area contributed by atoms with Gasteiger partial charge in [-0.25, -0.2) is 0 Å². The monoisotopic (exact) mass is 218 g/mol. The van der Waals surface area contributed by atoms with Crippen molar-refractivity contribution >= 4 is 11.8 Å². The maximum Gasteiger partial charge on any atom is 0.269 e. The molecule has 4 heteroatoms. The summed E-state index contributed by atoms with van der Waals surface area (Å²) in [7, 11) is 0. The van der Waals surface area contributed by atoms with Gasteiger partial charge >= 0.3 is 0 Å². The van der Waals surface area contributed by atoms with E-state index < -0.39 is 0 Å². The van der Waals surface area contributed by atoms with E-state index in [9.17, 15) is 9.59 Å². The second kappa shape index (κ2) is 4.35. The summed E-state index contributed by atoms with van der Waals surface area (Å²) >= 11 is 0. The summed E-state index contributed by atoms with van der Waals surface area (Å²) in [6.07, 6.45) is 1.31. The summed E-state index contributed by atoms with van der Waals surface area (Å²) in [4.78, 5) is 23.2. The highest BCUT2D eigenvalue weighted by molar-refractivity contribution is 5.95. The lowest BCUT2D eigenvalue weighted by molar-refractivity contribution is -0.131. The molecule has 0 bridgehead atoms. The van der Waals surface area contributed by atoms with Crippen LogP contribution in [0.4, 0.5) is 0 Å². The van der Waals surface area contributed by atoms with Gasteiger partial charge in [0.1, 0.15) is 0 Å². The molecule has 1 unspecified atom stereocenters. The van der Waals surface area contributed by atoms with Crippen molar-refractivity contribution in [2.45, 2.75) is 25.8 Å². The first-order chi connectivity index (χ1) is 7.68. The summed E-state index contributed by atoms with van der Waals surface area (Å²) in [5.74, 6) is -0.250. The summed E-state index contributed by atoms with van der Waals surface area (Å²) in [6.45, 7) is 1.93. The Morgan fingerprint density at radius 1 is 1.38 bits per heavy atom. The second-order valence-corrected chi connectivity index (χ2v) is 3.96. The van der Waals surface area contributed by atoms with Gasteiger partial charge in [-0.05, 0) is 25.5 Å². The normalized spacial score (nSPS) is 19.9. The lowest BCUT2D eigenvalue weighted by atomic mass is 10.2. The number of hydrogen-bond donors (Lipinski definition) is 1. The summed E-state index contributed by atoms with van der Waals surface area (Å²) < 4.78 is 0. The van der Waals surface area contributed by atoms with E-state index in [0.29, 0.717) is 12.0 Å². The van der Waals surface area contributed by atoms with Crippen molar-refractivity contribution in [3.8, 4) is 0 Å². The first-order valence-electron chi connectivity index (χ1n) is 5.36. The Morgan fingerprint density at radius 3 is 2.62 bits per heavy atom. The van der Waals surface area contributed by atoms with E-state index in [-0.39, 0.29) is 17.9 Å². The van der Waals surface area contributed by atoms with Gasteiger partial charge in [0.15, 0.2) is 0 Å². The van der Waals surface area contributed by atoms with Crippen molar-refractivity contribution in [2.75, 3.05) is 0 Å². The Hall–Kier alpha value is -1.84. The zero-order chi connectivity index (χ0) is 11.5. The van der Waals surface area contributed by atoms with Gasteiger partial charge in [-0.15, -0.1) is 0 Å². The molecular weight excluding hydrogens is 204 g/mol. The lowest BCUT2D eigenvalue weighted by Crippen LogP contribution is -2.46. The molecule has 16 heavy (non-hydrogen) atoms. The average Bonchev–Trinajstić information content (AvgIpc) is 2.62.